The molecule has 0 bridgehead atoms. The number of Topliss-reactive ketones (excluding diaryl/α,β-unsaturated/α-hetero) is 2. The maximum absolute atomic E-state index is 11.8. The van der Waals surface area contributed by atoms with Gasteiger partial charge in [-0.25, -0.2) is 0 Å². The summed E-state index contributed by atoms with van der Waals surface area (Å²) in [5, 5.41) is 34.6. The summed E-state index contributed by atoms with van der Waals surface area (Å²) in [6, 6.07) is 11.4. The SMILES string of the molecule is N#CC(C#N)C(=O)c1cccc(C(=O)C(C#N)C#N)c1. The van der Waals surface area contributed by atoms with Crippen molar-refractivity contribution in [1.82, 2.24) is 0 Å². The first-order valence-electron chi connectivity index (χ1n) is 5.36. The number of nitrogens with zero attached hydrogens (tertiary/aromatic N) is 4. The summed E-state index contributed by atoms with van der Waals surface area (Å²) in [5.41, 5.74) is 0.0251. The van der Waals surface area contributed by atoms with Crippen molar-refractivity contribution in [2.45, 2.75) is 0 Å². The Morgan fingerprint density at radius 1 is 0.800 bits per heavy atom. The molecular weight excluding hydrogens is 256 g/mol. The summed E-state index contributed by atoms with van der Waals surface area (Å²) in [4.78, 5) is 23.6. The predicted molar refractivity (Wildman–Crippen MR) is 64.5 cm³/mol. The first-order valence-corrected chi connectivity index (χ1v) is 5.36. The van der Waals surface area contributed by atoms with E-state index in [1.165, 1.54) is 24.3 Å². The third-order valence-corrected chi connectivity index (χ3v) is 2.47. The molecule has 0 fully saturated rings. The van der Waals surface area contributed by atoms with E-state index in [-0.39, 0.29) is 11.1 Å². The van der Waals surface area contributed by atoms with Gasteiger partial charge in [0.15, 0.2) is 23.4 Å². The minimum absolute atomic E-state index is 0.0126. The van der Waals surface area contributed by atoms with Gasteiger partial charge in [-0.1, -0.05) is 18.2 Å². The highest BCUT2D eigenvalue weighted by molar-refractivity contribution is 6.05. The quantitative estimate of drug-likeness (QED) is 0.753. The first-order chi connectivity index (χ1) is 9.58. The molecule has 1 aromatic rings. The van der Waals surface area contributed by atoms with E-state index in [0.717, 1.165) is 0 Å². The number of ketones is 2. The van der Waals surface area contributed by atoms with E-state index in [4.69, 9.17) is 21.0 Å². The lowest BCUT2D eigenvalue weighted by Crippen LogP contribution is -2.14. The van der Waals surface area contributed by atoms with Crippen LogP contribution in [0.2, 0.25) is 0 Å². The number of hydrogen-bond donors (Lipinski definition) is 0. The molecule has 20 heavy (non-hydrogen) atoms. The minimum Gasteiger partial charge on any atom is -0.291 e. The Labute approximate surface area is 114 Å². The van der Waals surface area contributed by atoms with Crippen LogP contribution in [-0.2, 0) is 0 Å². The topological polar surface area (TPSA) is 129 Å². The zero-order valence-electron chi connectivity index (χ0n) is 10.1. The molecule has 0 heterocycles. The van der Waals surface area contributed by atoms with E-state index < -0.39 is 23.4 Å². The fraction of sp³-hybridized carbons (Fsp3) is 0.143. The van der Waals surface area contributed by atoms with Crippen molar-refractivity contribution < 1.29 is 9.59 Å². The maximum Gasteiger partial charge on any atom is 0.195 e. The Balaban J connectivity index is 3.17. The van der Waals surface area contributed by atoms with Crippen LogP contribution in [-0.4, -0.2) is 11.6 Å². The van der Waals surface area contributed by atoms with Gasteiger partial charge in [0.25, 0.3) is 0 Å². The van der Waals surface area contributed by atoms with Gasteiger partial charge in [0.2, 0.25) is 0 Å². The van der Waals surface area contributed by atoms with Crippen molar-refractivity contribution in [2.24, 2.45) is 11.8 Å². The van der Waals surface area contributed by atoms with Gasteiger partial charge in [-0.2, -0.15) is 21.0 Å². The summed E-state index contributed by atoms with van der Waals surface area (Å²) < 4.78 is 0. The Hall–Kier alpha value is -3.48. The summed E-state index contributed by atoms with van der Waals surface area (Å²) in [6.45, 7) is 0. The Morgan fingerprint density at radius 3 is 1.45 bits per heavy atom. The zero-order chi connectivity index (χ0) is 15.1. The van der Waals surface area contributed by atoms with Crippen LogP contribution in [0.5, 0.6) is 0 Å². The van der Waals surface area contributed by atoms with Crippen LogP contribution in [0.3, 0.4) is 0 Å². The van der Waals surface area contributed by atoms with Gasteiger partial charge in [0.1, 0.15) is 0 Å². The fourth-order valence-electron chi connectivity index (χ4n) is 1.45. The lowest BCUT2D eigenvalue weighted by molar-refractivity contribution is 0.0970. The second-order valence-corrected chi connectivity index (χ2v) is 3.69. The van der Waals surface area contributed by atoms with Gasteiger partial charge in [-0.15, -0.1) is 0 Å². The molecule has 0 aromatic heterocycles. The second-order valence-electron chi connectivity index (χ2n) is 3.69. The third kappa shape index (κ3) is 2.85. The molecular formula is C14H6N4O2. The molecule has 0 aliphatic rings. The molecule has 0 aliphatic heterocycles. The van der Waals surface area contributed by atoms with Crippen molar-refractivity contribution in [2.75, 3.05) is 0 Å². The largest absolute Gasteiger partial charge is 0.291 e. The molecule has 1 rings (SSSR count). The number of nitriles is 4. The molecule has 0 aliphatic carbocycles. The molecule has 0 amide bonds. The smallest absolute Gasteiger partial charge is 0.195 e. The van der Waals surface area contributed by atoms with E-state index in [9.17, 15) is 9.59 Å². The summed E-state index contributed by atoms with van der Waals surface area (Å²) in [5.74, 6) is -4.36. The first kappa shape index (κ1) is 14.6. The van der Waals surface area contributed by atoms with E-state index >= 15 is 0 Å². The van der Waals surface area contributed by atoms with Crippen LogP contribution in [0.4, 0.5) is 0 Å². The van der Waals surface area contributed by atoms with Gasteiger partial charge >= 0.3 is 0 Å². The van der Waals surface area contributed by atoms with E-state index in [1.807, 2.05) is 0 Å². The average molecular weight is 262 g/mol. The van der Waals surface area contributed by atoms with Crippen LogP contribution in [0.15, 0.2) is 24.3 Å². The molecule has 0 radical (unpaired) electrons. The Kier molecular flexibility index (Phi) is 4.70. The molecule has 94 valence electrons. The number of carbonyl (C=O) groups is 2. The molecule has 0 spiro atoms. The average Bonchev–Trinajstić information content (AvgIpc) is 2.49. The number of carbonyl (C=O) groups excluding carboxylic acids is 2. The molecule has 0 atom stereocenters. The lowest BCUT2D eigenvalue weighted by Gasteiger charge is -2.04. The summed E-state index contributed by atoms with van der Waals surface area (Å²) in [7, 11) is 0. The van der Waals surface area contributed by atoms with Crippen molar-refractivity contribution in [3.05, 3.63) is 35.4 Å². The number of rotatable bonds is 4. The molecule has 6 nitrogen and oxygen atoms in total. The van der Waals surface area contributed by atoms with E-state index in [1.54, 1.807) is 24.3 Å². The fourth-order valence-corrected chi connectivity index (χ4v) is 1.45. The summed E-state index contributed by atoms with van der Waals surface area (Å²) in [6.07, 6.45) is 0. The molecule has 0 saturated carbocycles. The zero-order valence-corrected chi connectivity index (χ0v) is 10.1. The number of benzene rings is 1. The monoisotopic (exact) mass is 262 g/mol. The second kappa shape index (κ2) is 6.45. The lowest BCUT2D eigenvalue weighted by atomic mass is 9.94. The van der Waals surface area contributed by atoms with Crippen molar-refractivity contribution in [3.8, 4) is 24.3 Å². The molecule has 6 heteroatoms. The molecule has 1 aromatic carbocycles. The molecule has 0 unspecified atom stereocenters. The van der Waals surface area contributed by atoms with Crippen molar-refractivity contribution >= 4 is 11.6 Å². The Bertz CT molecular complexity index is 638. The van der Waals surface area contributed by atoms with Crippen molar-refractivity contribution in [1.29, 1.82) is 21.0 Å². The van der Waals surface area contributed by atoms with Gasteiger partial charge in [0, 0.05) is 11.1 Å². The summed E-state index contributed by atoms with van der Waals surface area (Å²) >= 11 is 0. The highest BCUT2D eigenvalue weighted by Crippen LogP contribution is 2.14. The normalized spacial score (nSPS) is 9.10. The standard InChI is InChI=1S/C14H6N4O2/c15-5-11(6-16)13(19)9-2-1-3-10(4-9)14(20)12(7-17)8-18/h1-4,11-12H. The predicted octanol–water partition coefficient (Wildman–Crippen LogP) is 1.38. The van der Waals surface area contributed by atoms with E-state index in [0.29, 0.717) is 0 Å². The van der Waals surface area contributed by atoms with Crippen molar-refractivity contribution in [3.63, 3.8) is 0 Å². The van der Waals surface area contributed by atoms with Gasteiger partial charge < -0.3 is 0 Å². The number of hydrogen-bond acceptors (Lipinski definition) is 6. The molecule has 0 saturated heterocycles. The van der Waals surface area contributed by atoms with Crippen LogP contribution in [0, 0.1) is 57.2 Å². The van der Waals surface area contributed by atoms with Crippen LogP contribution >= 0.6 is 0 Å². The van der Waals surface area contributed by atoms with E-state index in [2.05, 4.69) is 0 Å². The van der Waals surface area contributed by atoms with Crippen LogP contribution < -0.4 is 0 Å². The molecule has 0 N–H and O–H groups in total. The van der Waals surface area contributed by atoms with Gasteiger partial charge in [0.05, 0.1) is 24.3 Å². The van der Waals surface area contributed by atoms with Crippen LogP contribution in [0.1, 0.15) is 20.7 Å². The highest BCUT2D eigenvalue weighted by Gasteiger charge is 2.22. The Morgan fingerprint density at radius 2 is 1.15 bits per heavy atom. The minimum atomic E-state index is -1.46. The van der Waals surface area contributed by atoms with Gasteiger partial charge in [-0.3, -0.25) is 9.59 Å². The van der Waals surface area contributed by atoms with Gasteiger partial charge in [-0.05, 0) is 6.07 Å². The highest BCUT2D eigenvalue weighted by atomic mass is 16.1. The van der Waals surface area contributed by atoms with Crippen LogP contribution in [0.25, 0.3) is 0 Å². The maximum atomic E-state index is 11.8. The third-order valence-electron chi connectivity index (χ3n) is 2.47.